The highest BCUT2D eigenvalue weighted by atomic mass is 35.5. The van der Waals surface area contributed by atoms with Crippen LogP contribution in [0.3, 0.4) is 0 Å². The molecule has 0 bridgehead atoms. The molecular weight excluding hydrogens is 1100 g/mol. The molecular formula is C59H71Cl2N9O8S2. The largest absolute Gasteiger partial charge is 0.342 e. The van der Waals surface area contributed by atoms with Gasteiger partial charge < -0.3 is 30.2 Å². The number of likely N-dealkylation sites (tertiary alicyclic amines) is 2. The first-order valence-corrected chi connectivity index (χ1v) is 31.5. The number of likely N-dealkylation sites (N-methyl/N-ethyl adjacent to an activating group) is 2. The van der Waals surface area contributed by atoms with Gasteiger partial charge in [-0.05, 0) is 147 Å². The second kappa shape index (κ2) is 27.2. The average molecular weight is 1170 g/mol. The normalized spacial score (nSPS) is 19.4. The highest BCUT2D eigenvalue weighted by Gasteiger charge is 2.34. The fraction of sp³-hybridized carbons (Fsp3) is 0.492. The number of carbonyl (C=O) groups is 4. The molecule has 0 aromatic heterocycles. The van der Waals surface area contributed by atoms with Gasteiger partial charge in [0.2, 0.25) is 21.8 Å². The summed E-state index contributed by atoms with van der Waals surface area (Å²) in [6.07, 6.45) is 6.11. The molecule has 17 nitrogen and oxygen atoms in total. The van der Waals surface area contributed by atoms with Crippen molar-refractivity contribution in [3.8, 4) is 6.07 Å². The number of amides is 4. The molecule has 4 amide bonds. The van der Waals surface area contributed by atoms with E-state index in [1.165, 1.54) is 0 Å². The van der Waals surface area contributed by atoms with E-state index in [0.29, 0.717) is 138 Å². The number of ketones is 1. The Balaban J connectivity index is 0.650. The lowest BCUT2D eigenvalue weighted by molar-refractivity contribution is -0.131. The van der Waals surface area contributed by atoms with Crippen molar-refractivity contribution in [3.63, 3.8) is 0 Å². The van der Waals surface area contributed by atoms with Crippen LogP contribution >= 0.6 is 23.2 Å². The van der Waals surface area contributed by atoms with Crippen LogP contribution in [0.2, 0.25) is 10.0 Å². The van der Waals surface area contributed by atoms with Crippen molar-refractivity contribution in [3.05, 3.63) is 133 Å². The van der Waals surface area contributed by atoms with Crippen LogP contribution in [0.15, 0.2) is 82.6 Å². The molecule has 4 aromatic rings. The predicted octanol–water partition coefficient (Wildman–Crippen LogP) is 8.54. The molecule has 4 heterocycles. The number of sulfone groups is 1. The quantitative estimate of drug-likeness (QED) is 0.0473. The zero-order valence-electron chi connectivity index (χ0n) is 45.5. The second-order valence-electron chi connectivity index (χ2n) is 21.9. The number of nitrogens with zero attached hydrogens (tertiary/aromatic N) is 6. The molecule has 21 heteroatoms. The van der Waals surface area contributed by atoms with Crippen LogP contribution in [-0.4, -0.2) is 138 Å². The summed E-state index contributed by atoms with van der Waals surface area (Å²) < 4.78 is 57.6. The summed E-state index contributed by atoms with van der Waals surface area (Å²) in [5.74, 6) is -0.616. The van der Waals surface area contributed by atoms with Gasteiger partial charge in [-0.2, -0.15) is 5.26 Å². The lowest BCUT2D eigenvalue weighted by atomic mass is 9.83. The fourth-order valence-corrected chi connectivity index (χ4v) is 15.1. The molecule has 3 N–H and O–H groups in total. The van der Waals surface area contributed by atoms with Crippen LogP contribution in [0.25, 0.3) is 4.85 Å². The summed E-state index contributed by atoms with van der Waals surface area (Å²) in [6, 6.07) is 22.4. The molecule has 0 spiro atoms. The number of nitriles is 1. The SMILES string of the molecule is [C-]#[N+]c1cc(Cl)cc2c1CN(C)CC2c1cccc(S(=O)(=O)N[C@H]2CCN(C(=O)CCCCC(=O)CCCCCNC(=O)NCCCC(=O)N3CC[C@H](CS(=O)(=O)c4cccc(C5CN(C)Cc6c(C#N)cc(Cl)cc65)c4)C3)C2)c1. The van der Waals surface area contributed by atoms with E-state index >= 15 is 0 Å². The highest BCUT2D eigenvalue weighted by Crippen LogP contribution is 2.41. The van der Waals surface area contributed by atoms with E-state index in [0.717, 1.165) is 39.8 Å². The molecule has 2 saturated heterocycles. The summed E-state index contributed by atoms with van der Waals surface area (Å²) in [5, 5.41) is 16.3. The van der Waals surface area contributed by atoms with Gasteiger partial charge in [-0.25, -0.2) is 31.2 Å². The van der Waals surface area contributed by atoms with Gasteiger partial charge in [0.25, 0.3) is 0 Å². The molecule has 2 unspecified atom stereocenters. The maximum Gasteiger partial charge on any atom is 0.314 e. The number of hydrogen-bond donors (Lipinski definition) is 3. The standard InChI is InChI=1S/C59H71Cl2N9O8S2/c1-63-56-31-45(61)30-51-53(36-68(3)38-55(51)56)42-13-10-17-49(28-42)80(77,78)66-46-21-25-70(34-46)57(72)18-7-6-15-47(71)14-5-4-8-22-64-59(74)65-23-11-19-58(73)69-24-20-40(33-69)39-79(75,76)48-16-9-12-41(27-48)52-35-67(2)37-54-43(32-62)26-44(60)29-50(52)54/h9-10,12-13,16-17,26-31,40,46,52-53,66H,4-8,11,14-15,18-25,33-39H2,2-3H3,(H2,64,65,74)/t40-,46-,52?,53?/m0/s1. The van der Waals surface area contributed by atoms with E-state index in [1.807, 2.05) is 38.4 Å². The number of sulfonamides is 1. The van der Waals surface area contributed by atoms with Gasteiger partial charge in [-0.15, -0.1) is 0 Å². The van der Waals surface area contributed by atoms with Crippen molar-refractivity contribution < 1.29 is 36.0 Å². The minimum atomic E-state index is -3.90. The Morgan fingerprint density at radius 3 is 1.91 bits per heavy atom. The molecule has 426 valence electrons. The Bertz CT molecular complexity index is 3060. The molecule has 2 fully saturated rings. The van der Waals surface area contributed by atoms with Gasteiger partial charge >= 0.3 is 6.03 Å². The lowest BCUT2D eigenvalue weighted by Gasteiger charge is -2.33. The van der Waals surface area contributed by atoms with Crippen molar-refractivity contribution in [1.29, 1.82) is 5.26 Å². The number of fused-ring (bicyclic) bond motifs is 2. The van der Waals surface area contributed by atoms with Crippen molar-refractivity contribution in [2.75, 3.05) is 72.2 Å². The second-order valence-corrected chi connectivity index (χ2v) is 26.6. The summed E-state index contributed by atoms with van der Waals surface area (Å²) in [7, 11) is -3.63. The number of rotatable bonds is 23. The Kier molecular flexibility index (Phi) is 20.5. The maximum atomic E-state index is 13.7. The molecule has 4 aliphatic heterocycles. The molecule has 8 rings (SSSR count). The van der Waals surface area contributed by atoms with Crippen LogP contribution in [0.4, 0.5) is 10.5 Å². The van der Waals surface area contributed by atoms with E-state index in [1.54, 1.807) is 58.3 Å². The van der Waals surface area contributed by atoms with Crippen molar-refractivity contribution in [1.82, 2.24) is 35.0 Å². The van der Waals surface area contributed by atoms with E-state index in [-0.39, 0.29) is 76.3 Å². The number of urea groups is 1. The molecule has 0 aliphatic carbocycles. The van der Waals surface area contributed by atoms with Gasteiger partial charge in [-0.1, -0.05) is 53.9 Å². The minimum absolute atomic E-state index is 0.0630. The topological polar surface area (TPSA) is 214 Å². The van der Waals surface area contributed by atoms with Gasteiger partial charge in [-0.3, -0.25) is 14.4 Å². The Labute approximate surface area is 481 Å². The molecule has 0 saturated carbocycles. The summed E-state index contributed by atoms with van der Waals surface area (Å²) in [6.45, 7) is 12.4. The lowest BCUT2D eigenvalue weighted by Crippen LogP contribution is -2.38. The van der Waals surface area contributed by atoms with Gasteiger partial charge in [0.1, 0.15) is 5.78 Å². The monoisotopic (exact) mass is 1170 g/mol. The Hall–Kier alpha value is -5.90. The molecule has 0 radical (unpaired) electrons. The number of unbranched alkanes of at least 4 members (excludes halogenated alkanes) is 3. The fourth-order valence-electron chi connectivity index (χ4n) is 11.7. The number of hydrogen-bond acceptors (Lipinski definition) is 11. The minimum Gasteiger partial charge on any atom is -0.342 e. The van der Waals surface area contributed by atoms with Gasteiger partial charge in [0, 0.05) is 119 Å². The van der Waals surface area contributed by atoms with Crippen LogP contribution < -0.4 is 15.4 Å². The third-order valence-electron chi connectivity index (χ3n) is 15.8. The molecule has 4 aromatic carbocycles. The van der Waals surface area contributed by atoms with Crippen LogP contribution in [0, 0.1) is 23.8 Å². The Morgan fingerprint density at radius 1 is 0.675 bits per heavy atom. The average Bonchev–Trinajstić information content (AvgIpc) is 4.13. The van der Waals surface area contributed by atoms with Gasteiger partial charge in [0.15, 0.2) is 15.5 Å². The summed E-state index contributed by atoms with van der Waals surface area (Å²) >= 11 is 12.8. The predicted molar refractivity (Wildman–Crippen MR) is 308 cm³/mol. The first-order valence-electron chi connectivity index (χ1n) is 27.6. The summed E-state index contributed by atoms with van der Waals surface area (Å²) in [5.41, 5.74) is 6.32. The number of carbonyl (C=O) groups excluding carboxylic acids is 4. The van der Waals surface area contributed by atoms with E-state index in [4.69, 9.17) is 29.8 Å². The highest BCUT2D eigenvalue weighted by molar-refractivity contribution is 7.91. The van der Waals surface area contributed by atoms with Crippen LogP contribution in [0.1, 0.15) is 128 Å². The number of Topliss-reactive ketones (excluding diaryl/α,β-unsaturated/α-hetero) is 1. The van der Waals surface area contributed by atoms with Crippen molar-refractivity contribution >= 4 is 72.4 Å². The third kappa shape index (κ3) is 15.5. The number of benzene rings is 4. The third-order valence-corrected chi connectivity index (χ3v) is 19.7. The van der Waals surface area contributed by atoms with Crippen molar-refractivity contribution in [2.45, 2.75) is 118 Å². The first-order chi connectivity index (χ1) is 38.3. The zero-order chi connectivity index (χ0) is 57.1. The molecule has 4 aliphatic rings. The number of nitrogens with one attached hydrogen (secondary N) is 3. The first kappa shape index (κ1) is 60.2. The molecule has 80 heavy (non-hydrogen) atoms. The zero-order valence-corrected chi connectivity index (χ0v) is 48.7. The van der Waals surface area contributed by atoms with Crippen LogP contribution in [-0.2, 0) is 47.3 Å². The van der Waals surface area contributed by atoms with E-state index < -0.39 is 25.9 Å². The molecule has 4 atom stereocenters. The van der Waals surface area contributed by atoms with E-state index in [2.05, 4.69) is 36.1 Å². The van der Waals surface area contributed by atoms with E-state index in [9.17, 15) is 41.3 Å². The number of halogens is 2. The van der Waals surface area contributed by atoms with Crippen molar-refractivity contribution in [2.24, 2.45) is 5.92 Å². The van der Waals surface area contributed by atoms with Crippen LogP contribution in [0.5, 0.6) is 0 Å². The summed E-state index contributed by atoms with van der Waals surface area (Å²) in [4.78, 5) is 62.8. The smallest absolute Gasteiger partial charge is 0.314 e. The Morgan fingerprint density at radius 2 is 1.24 bits per heavy atom. The van der Waals surface area contributed by atoms with Gasteiger partial charge in [0.05, 0.1) is 33.7 Å². The maximum absolute atomic E-state index is 13.7.